The molecule has 0 N–H and O–H groups in total. The smallest absolute Gasteiger partial charge is 0.308 e. The van der Waals surface area contributed by atoms with E-state index >= 15 is 0 Å². The topological polar surface area (TPSA) is 80.8 Å². The van der Waals surface area contributed by atoms with Crippen molar-refractivity contribution < 1.29 is 23.9 Å². The van der Waals surface area contributed by atoms with E-state index in [-0.39, 0.29) is 47.7 Å². The molecule has 2 saturated carbocycles. The van der Waals surface area contributed by atoms with Crippen LogP contribution in [0.4, 0.5) is 0 Å². The van der Waals surface area contributed by atoms with E-state index in [0.29, 0.717) is 23.8 Å². The van der Waals surface area contributed by atoms with Gasteiger partial charge in [0.2, 0.25) is 17.6 Å². The third kappa shape index (κ3) is 3.81. The Morgan fingerprint density at radius 1 is 1.03 bits per heavy atom. The van der Waals surface area contributed by atoms with Gasteiger partial charge in [-0.2, -0.15) is 0 Å². The molecule has 4 aliphatic carbocycles. The Kier molecular flexibility index (Phi) is 5.95. The number of ketones is 1. The maximum absolute atomic E-state index is 13.5. The summed E-state index contributed by atoms with van der Waals surface area (Å²) in [6, 6.07) is 6.62. The number of esters is 1. The van der Waals surface area contributed by atoms with E-state index in [1.807, 2.05) is 26.0 Å². The van der Waals surface area contributed by atoms with Crippen molar-refractivity contribution in [2.45, 2.75) is 65.0 Å². The fraction of sp³-hybridized carbons (Fsp3) is 0.571. The van der Waals surface area contributed by atoms with Crippen LogP contribution in [0.5, 0.6) is 0 Å². The van der Waals surface area contributed by atoms with Crippen molar-refractivity contribution >= 4 is 23.6 Å². The number of unbranched alkanes of at least 4 members (excludes halogenated alkanes) is 1. The number of carbonyl (C=O) groups is 4. The van der Waals surface area contributed by atoms with E-state index in [4.69, 9.17) is 4.74 Å². The SMILES string of the molecule is CCCC[C@H](CC(=O)O[C@H](C)C(=O)c1ccc(C)cc1)N1C(=O)[C@@H]2[C@H]3C=C[C@@H]([C@@H]4C[C@H]34)[C@@H]2C1=O. The Labute approximate surface area is 200 Å². The van der Waals surface area contributed by atoms with Crippen LogP contribution >= 0.6 is 0 Å². The average molecular weight is 464 g/mol. The number of hydrogen-bond acceptors (Lipinski definition) is 5. The molecule has 5 aliphatic rings. The van der Waals surface area contributed by atoms with Crippen molar-refractivity contribution in [3.05, 3.63) is 47.5 Å². The van der Waals surface area contributed by atoms with E-state index in [1.165, 1.54) is 4.90 Å². The van der Waals surface area contributed by atoms with Crippen LogP contribution in [-0.2, 0) is 19.1 Å². The molecule has 6 nitrogen and oxygen atoms in total. The molecular weight excluding hydrogens is 430 g/mol. The number of Topliss-reactive ketones (excluding diaryl/α,β-unsaturated/α-hetero) is 1. The fourth-order valence-electron chi connectivity index (χ4n) is 6.55. The molecule has 1 aliphatic heterocycles. The molecule has 0 unspecified atom stereocenters. The summed E-state index contributed by atoms with van der Waals surface area (Å²) in [5.41, 5.74) is 1.53. The van der Waals surface area contributed by atoms with Gasteiger partial charge in [0.25, 0.3) is 0 Å². The molecule has 0 aromatic heterocycles. The summed E-state index contributed by atoms with van der Waals surface area (Å²) >= 11 is 0. The van der Waals surface area contributed by atoms with Crippen molar-refractivity contribution in [1.82, 2.24) is 4.90 Å². The Morgan fingerprint density at radius 3 is 2.18 bits per heavy atom. The minimum atomic E-state index is -0.929. The van der Waals surface area contributed by atoms with Crippen LogP contribution in [0.1, 0.15) is 61.9 Å². The Morgan fingerprint density at radius 2 is 1.62 bits per heavy atom. The maximum Gasteiger partial charge on any atom is 0.308 e. The summed E-state index contributed by atoms with van der Waals surface area (Å²) in [4.78, 5) is 54.0. The minimum absolute atomic E-state index is 0.0714. The predicted molar refractivity (Wildman–Crippen MR) is 126 cm³/mol. The largest absolute Gasteiger partial charge is 0.454 e. The molecule has 8 atom stereocenters. The lowest BCUT2D eigenvalue weighted by atomic mass is 9.63. The van der Waals surface area contributed by atoms with Crippen molar-refractivity contribution in [2.75, 3.05) is 0 Å². The Bertz CT molecular complexity index is 1010. The van der Waals surface area contributed by atoms with Crippen molar-refractivity contribution in [1.29, 1.82) is 0 Å². The molecule has 0 radical (unpaired) electrons. The van der Waals surface area contributed by atoms with Crippen molar-refractivity contribution in [2.24, 2.45) is 35.5 Å². The lowest BCUT2D eigenvalue weighted by Crippen LogP contribution is -2.43. The summed E-state index contributed by atoms with van der Waals surface area (Å²) < 4.78 is 5.48. The van der Waals surface area contributed by atoms with Crippen LogP contribution in [0.25, 0.3) is 0 Å². The maximum atomic E-state index is 13.5. The molecule has 3 fully saturated rings. The van der Waals surface area contributed by atoms with Gasteiger partial charge in [-0.25, -0.2) is 0 Å². The number of aryl methyl sites for hydroxylation is 1. The second-order valence-corrected chi connectivity index (χ2v) is 10.6. The van der Waals surface area contributed by atoms with Crippen molar-refractivity contribution in [3.63, 3.8) is 0 Å². The summed E-state index contributed by atoms with van der Waals surface area (Å²) in [5.74, 6) is -0.175. The molecule has 1 aromatic carbocycles. The number of ether oxygens (including phenoxy) is 1. The van der Waals surface area contributed by atoms with Crippen molar-refractivity contribution in [3.8, 4) is 0 Å². The lowest BCUT2D eigenvalue weighted by Gasteiger charge is -2.37. The fourth-order valence-corrected chi connectivity index (χ4v) is 6.55. The monoisotopic (exact) mass is 463 g/mol. The van der Waals surface area contributed by atoms with E-state index in [1.54, 1.807) is 19.1 Å². The molecule has 6 heteroatoms. The standard InChI is InChI=1S/C28H33NO5/c1-4-5-6-18(13-23(30)34-16(3)26(31)17-9-7-15(2)8-10-17)29-27(32)24-19-11-12-20(22-14-21(19)22)25(24)28(29)33/h7-12,16,18-22,24-25H,4-6,13-14H2,1-3H3/t16-,18-,19+,20+,21-,22+,24-,25+/m1/s1. The van der Waals surface area contributed by atoms with Gasteiger partial charge < -0.3 is 4.74 Å². The third-order valence-electron chi connectivity index (χ3n) is 8.37. The summed E-state index contributed by atoms with van der Waals surface area (Å²) in [5, 5.41) is 0. The first kappa shape index (κ1) is 23.0. The molecule has 1 saturated heterocycles. The van der Waals surface area contributed by atoms with E-state index in [2.05, 4.69) is 12.2 Å². The average Bonchev–Trinajstić information content (AvgIpc) is 3.60. The summed E-state index contributed by atoms with van der Waals surface area (Å²) in [6.07, 6.45) is 6.70. The quantitative estimate of drug-likeness (QED) is 0.238. The van der Waals surface area contributed by atoms with Gasteiger partial charge in [0, 0.05) is 5.56 Å². The zero-order chi connectivity index (χ0) is 24.1. The molecular formula is C28H33NO5. The number of rotatable bonds is 9. The van der Waals surface area contributed by atoms with E-state index in [0.717, 1.165) is 24.8 Å². The molecule has 2 amide bonds. The molecule has 34 heavy (non-hydrogen) atoms. The second kappa shape index (κ2) is 8.79. The first-order chi connectivity index (χ1) is 16.3. The predicted octanol–water partition coefficient (Wildman–Crippen LogP) is 4.11. The summed E-state index contributed by atoms with van der Waals surface area (Å²) in [6.45, 7) is 5.55. The van der Waals surface area contributed by atoms with Crippen LogP contribution in [0.2, 0.25) is 0 Å². The van der Waals surface area contributed by atoms with Crippen LogP contribution < -0.4 is 0 Å². The highest BCUT2D eigenvalue weighted by Crippen LogP contribution is 2.65. The zero-order valence-electron chi connectivity index (χ0n) is 20.1. The third-order valence-corrected chi connectivity index (χ3v) is 8.37. The second-order valence-electron chi connectivity index (χ2n) is 10.6. The molecule has 1 aromatic rings. The highest BCUT2D eigenvalue weighted by Gasteiger charge is 2.67. The van der Waals surface area contributed by atoms with Gasteiger partial charge in [0.1, 0.15) is 0 Å². The van der Waals surface area contributed by atoms with Crippen LogP contribution in [-0.4, -0.2) is 40.6 Å². The molecule has 1 heterocycles. The lowest BCUT2D eigenvalue weighted by molar-refractivity contribution is -0.150. The van der Waals surface area contributed by atoms with Gasteiger partial charge in [-0.05, 0) is 50.4 Å². The highest BCUT2D eigenvalue weighted by atomic mass is 16.5. The van der Waals surface area contributed by atoms with Gasteiger partial charge in [-0.1, -0.05) is 61.7 Å². The van der Waals surface area contributed by atoms with Crippen LogP contribution in [0.3, 0.4) is 0 Å². The number of imide groups is 1. The molecule has 180 valence electrons. The number of amides is 2. The summed E-state index contributed by atoms with van der Waals surface area (Å²) in [7, 11) is 0. The Hall–Kier alpha value is -2.76. The molecule has 0 spiro atoms. The van der Waals surface area contributed by atoms with E-state index < -0.39 is 18.1 Å². The van der Waals surface area contributed by atoms with Gasteiger partial charge in [0.15, 0.2) is 6.10 Å². The number of hydrogen-bond donors (Lipinski definition) is 0. The van der Waals surface area contributed by atoms with Gasteiger partial charge in [0.05, 0.1) is 24.3 Å². The highest BCUT2D eigenvalue weighted by molar-refractivity contribution is 6.07. The number of nitrogens with zero attached hydrogens (tertiary/aromatic N) is 1. The zero-order valence-corrected chi connectivity index (χ0v) is 20.1. The normalized spacial score (nSPS) is 32.3. The first-order valence-corrected chi connectivity index (χ1v) is 12.7. The van der Waals surface area contributed by atoms with Crippen LogP contribution in [0, 0.1) is 42.4 Å². The minimum Gasteiger partial charge on any atom is -0.454 e. The number of carbonyl (C=O) groups excluding carboxylic acids is 4. The number of benzene rings is 1. The number of likely N-dealkylation sites (tertiary alicyclic amines) is 1. The van der Waals surface area contributed by atoms with E-state index in [9.17, 15) is 19.2 Å². The van der Waals surface area contributed by atoms with Gasteiger partial charge >= 0.3 is 5.97 Å². The van der Waals surface area contributed by atoms with Gasteiger partial charge in [-0.3, -0.25) is 24.1 Å². The first-order valence-electron chi connectivity index (χ1n) is 12.7. The van der Waals surface area contributed by atoms with Crippen LogP contribution in [0.15, 0.2) is 36.4 Å². The van der Waals surface area contributed by atoms with Gasteiger partial charge in [-0.15, -0.1) is 0 Å². The molecule has 6 rings (SSSR count). The Balaban J connectivity index is 1.28. The number of allylic oxidation sites excluding steroid dienone is 2. The molecule has 2 bridgehead atoms.